The Bertz CT molecular complexity index is 824. The molecule has 1 aromatic heterocycles. The van der Waals surface area contributed by atoms with Crippen molar-refractivity contribution in [3.8, 4) is 0 Å². The Morgan fingerprint density at radius 1 is 0.881 bits per heavy atom. The van der Waals surface area contributed by atoms with Gasteiger partial charge in [-0.25, -0.2) is 14.3 Å². The normalized spacial score (nSPS) is 15.6. The van der Waals surface area contributed by atoms with Crippen LogP contribution in [0.15, 0.2) is 11.6 Å². The fourth-order valence-electron chi connectivity index (χ4n) is 5.04. The highest BCUT2D eigenvalue weighted by atomic mass is 32.1. The zero-order valence-electron chi connectivity index (χ0n) is 26.1. The summed E-state index contributed by atoms with van der Waals surface area (Å²) in [6, 6.07) is 0. The summed E-state index contributed by atoms with van der Waals surface area (Å²) in [5, 5.41) is 2.65. The highest BCUT2D eigenvalue weighted by Gasteiger charge is 2.27. The van der Waals surface area contributed by atoms with Gasteiger partial charge in [0.1, 0.15) is 0 Å². The summed E-state index contributed by atoms with van der Waals surface area (Å²) in [6.07, 6.45) is 23.8. The lowest BCUT2D eigenvalue weighted by atomic mass is 10.0. The van der Waals surface area contributed by atoms with Crippen LogP contribution in [0.1, 0.15) is 128 Å². The number of hydrogen-bond donors (Lipinski definition) is 1. The quantitative estimate of drug-likeness (QED) is 0.0758. The number of ether oxygens (including phenoxy) is 2. The third-order valence-electron chi connectivity index (χ3n) is 7.56. The third kappa shape index (κ3) is 19.3. The van der Waals surface area contributed by atoms with Crippen molar-refractivity contribution in [1.82, 2.24) is 9.88 Å². The molecule has 1 aliphatic heterocycles. The van der Waals surface area contributed by atoms with Crippen LogP contribution in [-0.4, -0.2) is 66.5 Å². The molecule has 2 unspecified atom stereocenters. The molecule has 0 aromatic carbocycles. The van der Waals surface area contributed by atoms with Crippen LogP contribution in [0.4, 0.5) is 4.79 Å². The number of phosphoric ester groups is 1. The number of nitrogens with zero attached hydrogens (tertiary/aromatic N) is 2. The first-order valence-corrected chi connectivity index (χ1v) is 18.9. The van der Waals surface area contributed by atoms with Gasteiger partial charge in [-0.05, 0) is 19.3 Å². The van der Waals surface area contributed by atoms with Crippen molar-refractivity contribution in [3.63, 3.8) is 0 Å². The molecule has 0 saturated carbocycles. The molecule has 1 N–H and O–H groups in total. The summed E-state index contributed by atoms with van der Waals surface area (Å²) in [5.41, 5.74) is 0. The maximum Gasteiger partial charge on any atom is 0.472 e. The van der Waals surface area contributed by atoms with Gasteiger partial charge in [0.15, 0.2) is 6.10 Å². The fraction of sp³-hybridized carbons (Fsp3) is 0.871. The number of thiazole rings is 1. The molecular formula is C31H57N2O7PS. The minimum atomic E-state index is -4.30. The van der Waals surface area contributed by atoms with Crippen LogP contribution in [0.5, 0.6) is 0 Å². The third-order valence-corrected chi connectivity index (χ3v) is 9.38. The lowest BCUT2D eigenvalue weighted by Gasteiger charge is -2.23. The Morgan fingerprint density at radius 2 is 1.45 bits per heavy atom. The molecule has 0 spiro atoms. The molecule has 0 bridgehead atoms. The standard InChI is InChI=1S/C31H57N2O7PS/c1-2-3-4-5-6-7-8-9-10-11-12-13-14-15-16-19-24-37-27-29(40-31(34)33-22-17-18-23-33)28-39-41(35,36)38-25-20-30-32-21-26-42-30/h21,26,29H,2-20,22-25,27-28H2,1H3,(H,35,36). The van der Waals surface area contributed by atoms with Gasteiger partial charge in [-0.1, -0.05) is 103 Å². The lowest BCUT2D eigenvalue weighted by molar-refractivity contribution is -0.0193. The number of unbranched alkanes of at least 4 members (excludes halogenated alkanes) is 15. The zero-order valence-corrected chi connectivity index (χ0v) is 27.8. The first-order valence-electron chi connectivity index (χ1n) is 16.5. The van der Waals surface area contributed by atoms with Gasteiger partial charge in [-0.2, -0.15) is 0 Å². The van der Waals surface area contributed by atoms with E-state index in [9.17, 15) is 14.3 Å². The number of hydrogen-bond acceptors (Lipinski definition) is 8. The van der Waals surface area contributed by atoms with Crippen LogP contribution < -0.4 is 0 Å². The maximum atomic E-state index is 12.5. The summed E-state index contributed by atoms with van der Waals surface area (Å²) >= 11 is 1.45. The predicted octanol–water partition coefficient (Wildman–Crippen LogP) is 8.70. The Hall–Kier alpha value is -1.03. The predicted molar refractivity (Wildman–Crippen MR) is 169 cm³/mol. The van der Waals surface area contributed by atoms with Crippen molar-refractivity contribution < 1.29 is 32.8 Å². The summed E-state index contributed by atoms with van der Waals surface area (Å²) in [5.74, 6) is 0. The van der Waals surface area contributed by atoms with E-state index in [0.717, 1.165) is 30.7 Å². The molecule has 0 radical (unpaired) electrons. The average molecular weight is 633 g/mol. The van der Waals surface area contributed by atoms with Gasteiger partial charge in [0.05, 0.1) is 24.8 Å². The van der Waals surface area contributed by atoms with Crippen LogP contribution in [0, 0.1) is 0 Å². The van der Waals surface area contributed by atoms with Crippen molar-refractivity contribution >= 4 is 25.3 Å². The van der Waals surface area contributed by atoms with E-state index in [1.165, 1.54) is 101 Å². The molecule has 9 nitrogen and oxygen atoms in total. The molecule has 0 aliphatic carbocycles. The second-order valence-electron chi connectivity index (χ2n) is 11.4. The monoisotopic (exact) mass is 632 g/mol. The van der Waals surface area contributed by atoms with Gasteiger partial charge in [0.2, 0.25) is 0 Å². The Morgan fingerprint density at radius 3 is 2.00 bits per heavy atom. The van der Waals surface area contributed by atoms with Crippen LogP contribution in [0.3, 0.4) is 0 Å². The number of amides is 1. The van der Waals surface area contributed by atoms with Gasteiger partial charge in [0.25, 0.3) is 0 Å². The number of rotatable bonds is 27. The van der Waals surface area contributed by atoms with Crippen LogP contribution in [0.2, 0.25) is 0 Å². The molecule has 1 aliphatic rings. The Labute approximate surface area is 258 Å². The first kappa shape index (κ1) is 37.2. The number of likely N-dealkylation sites (tertiary alicyclic amines) is 1. The molecule has 1 amide bonds. The van der Waals surface area contributed by atoms with Crippen molar-refractivity contribution in [2.75, 3.05) is 39.5 Å². The minimum absolute atomic E-state index is 0.00920. The van der Waals surface area contributed by atoms with Crippen molar-refractivity contribution in [3.05, 3.63) is 16.6 Å². The van der Waals surface area contributed by atoms with Gasteiger partial charge in [-0.3, -0.25) is 9.05 Å². The Kier molecular flexibility index (Phi) is 21.5. The van der Waals surface area contributed by atoms with E-state index in [0.29, 0.717) is 26.1 Å². The van der Waals surface area contributed by atoms with Crippen molar-refractivity contribution in [1.29, 1.82) is 0 Å². The van der Waals surface area contributed by atoms with Crippen molar-refractivity contribution in [2.45, 2.75) is 135 Å². The molecular weight excluding hydrogens is 575 g/mol. The first-order chi connectivity index (χ1) is 20.5. The zero-order chi connectivity index (χ0) is 30.1. The molecule has 244 valence electrons. The van der Waals surface area contributed by atoms with E-state index in [1.54, 1.807) is 11.1 Å². The molecule has 2 rings (SSSR count). The number of carbonyl (C=O) groups excluding carboxylic acids is 1. The van der Waals surface area contributed by atoms with Gasteiger partial charge in [-0.15, -0.1) is 11.3 Å². The summed E-state index contributed by atoms with van der Waals surface area (Å²) < 4.78 is 33.9. The van der Waals surface area contributed by atoms with E-state index < -0.39 is 20.0 Å². The lowest BCUT2D eigenvalue weighted by Crippen LogP contribution is -2.36. The van der Waals surface area contributed by atoms with Gasteiger partial charge < -0.3 is 19.3 Å². The van der Waals surface area contributed by atoms with E-state index in [2.05, 4.69) is 11.9 Å². The summed E-state index contributed by atoms with van der Waals surface area (Å²) in [7, 11) is -4.30. The molecule has 2 heterocycles. The maximum absolute atomic E-state index is 12.5. The second kappa shape index (κ2) is 24.3. The largest absolute Gasteiger partial charge is 0.472 e. The SMILES string of the molecule is CCCCCCCCCCCCCCCCCCOCC(COP(=O)(O)OCCc1nccs1)OC(=O)N1CCCC1. The summed E-state index contributed by atoms with van der Waals surface area (Å²) in [4.78, 5) is 28.3. The van der Waals surface area contributed by atoms with E-state index in [-0.39, 0.29) is 19.8 Å². The smallest absolute Gasteiger partial charge is 0.441 e. The fourth-order valence-corrected chi connectivity index (χ4v) is 6.39. The molecule has 1 saturated heterocycles. The van der Waals surface area contributed by atoms with Crippen LogP contribution in [-0.2, 0) is 29.5 Å². The van der Waals surface area contributed by atoms with E-state index in [1.807, 2.05) is 5.38 Å². The molecule has 42 heavy (non-hydrogen) atoms. The van der Waals surface area contributed by atoms with Gasteiger partial charge >= 0.3 is 13.9 Å². The minimum Gasteiger partial charge on any atom is -0.441 e. The number of carbonyl (C=O) groups is 1. The topological polar surface area (TPSA) is 107 Å². The van der Waals surface area contributed by atoms with Gasteiger partial charge in [0, 0.05) is 37.7 Å². The van der Waals surface area contributed by atoms with E-state index >= 15 is 0 Å². The number of aromatic nitrogens is 1. The van der Waals surface area contributed by atoms with Crippen LogP contribution in [0.25, 0.3) is 0 Å². The number of phosphoric acid groups is 1. The molecule has 2 atom stereocenters. The summed E-state index contributed by atoms with van der Waals surface area (Å²) in [6.45, 7) is 3.98. The molecule has 11 heteroatoms. The average Bonchev–Trinajstić information content (AvgIpc) is 3.70. The highest BCUT2D eigenvalue weighted by Crippen LogP contribution is 2.43. The molecule has 1 aromatic rings. The van der Waals surface area contributed by atoms with E-state index in [4.69, 9.17) is 18.5 Å². The highest BCUT2D eigenvalue weighted by molar-refractivity contribution is 7.47. The van der Waals surface area contributed by atoms with Crippen molar-refractivity contribution in [2.24, 2.45) is 0 Å². The van der Waals surface area contributed by atoms with Crippen LogP contribution >= 0.6 is 19.2 Å². The second-order valence-corrected chi connectivity index (χ2v) is 13.8. The molecule has 1 fully saturated rings. The Balaban J connectivity index is 1.51.